The maximum atomic E-state index is 11.8. The second-order valence-corrected chi connectivity index (χ2v) is 5.88. The minimum atomic E-state index is -0.741. The Bertz CT molecular complexity index is 825. The molecule has 2 aromatic carbocycles. The minimum absolute atomic E-state index is 0.204. The number of oxime groups is 1. The van der Waals surface area contributed by atoms with E-state index in [-0.39, 0.29) is 5.02 Å². The summed E-state index contributed by atoms with van der Waals surface area (Å²) in [6, 6.07) is 11.9. The minimum Gasteiger partial charge on any atom is -0.497 e. The zero-order valence-corrected chi connectivity index (χ0v) is 15.8. The second kappa shape index (κ2) is 10.4. The number of amides is 1. The fourth-order valence-electron chi connectivity index (χ4n) is 1.85. The summed E-state index contributed by atoms with van der Waals surface area (Å²) in [4.78, 5) is 28.2. The van der Waals surface area contributed by atoms with Crippen LogP contribution in [0.15, 0.2) is 47.6 Å². The van der Waals surface area contributed by atoms with E-state index in [0.29, 0.717) is 16.5 Å². The number of halogens is 2. The van der Waals surface area contributed by atoms with E-state index < -0.39 is 25.1 Å². The van der Waals surface area contributed by atoms with E-state index in [0.717, 1.165) is 5.56 Å². The van der Waals surface area contributed by atoms with Crippen molar-refractivity contribution in [2.45, 2.75) is 0 Å². The smallest absolute Gasteiger partial charge is 0.347 e. The van der Waals surface area contributed by atoms with Crippen molar-refractivity contribution in [3.63, 3.8) is 0 Å². The maximum absolute atomic E-state index is 11.8. The lowest BCUT2D eigenvalue weighted by Gasteiger charge is -2.08. The van der Waals surface area contributed by atoms with Crippen LogP contribution < -0.4 is 10.1 Å². The molecule has 0 spiro atoms. The number of methoxy groups -OCH3 is 1. The average Bonchev–Trinajstić information content (AvgIpc) is 2.67. The molecule has 1 amide bonds. The van der Waals surface area contributed by atoms with Gasteiger partial charge in [0.2, 0.25) is 6.61 Å². The van der Waals surface area contributed by atoms with E-state index >= 15 is 0 Å². The molecule has 142 valence electrons. The monoisotopic (exact) mass is 410 g/mol. The summed E-state index contributed by atoms with van der Waals surface area (Å²) in [5, 5.41) is 6.65. The summed E-state index contributed by atoms with van der Waals surface area (Å²) in [6.07, 6.45) is 1.43. The molecule has 0 saturated carbocycles. The average molecular weight is 411 g/mol. The van der Waals surface area contributed by atoms with Gasteiger partial charge in [-0.05, 0) is 42.0 Å². The van der Waals surface area contributed by atoms with E-state index in [1.165, 1.54) is 6.21 Å². The molecular formula is C18H16Cl2N2O5. The van der Waals surface area contributed by atoms with Crippen molar-refractivity contribution in [3.8, 4) is 5.75 Å². The predicted octanol–water partition coefficient (Wildman–Crippen LogP) is 3.53. The van der Waals surface area contributed by atoms with Gasteiger partial charge >= 0.3 is 5.97 Å². The van der Waals surface area contributed by atoms with E-state index in [1.54, 1.807) is 49.6 Å². The van der Waals surface area contributed by atoms with Crippen LogP contribution in [0.3, 0.4) is 0 Å². The van der Waals surface area contributed by atoms with Gasteiger partial charge in [-0.15, -0.1) is 0 Å². The maximum Gasteiger partial charge on any atom is 0.347 e. The summed E-state index contributed by atoms with van der Waals surface area (Å²) in [5.74, 6) is -0.586. The number of carbonyl (C=O) groups is 2. The number of nitrogens with zero attached hydrogens (tertiary/aromatic N) is 1. The highest BCUT2D eigenvalue weighted by Gasteiger charge is 2.11. The molecule has 2 rings (SSSR count). The number of benzene rings is 2. The van der Waals surface area contributed by atoms with Crippen LogP contribution in [-0.2, 0) is 19.2 Å². The fraction of sp³-hybridized carbons (Fsp3) is 0.167. The number of nitrogens with one attached hydrogen (secondary N) is 1. The van der Waals surface area contributed by atoms with Gasteiger partial charge in [-0.3, -0.25) is 4.79 Å². The number of hydrogen-bond acceptors (Lipinski definition) is 6. The summed E-state index contributed by atoms with van der Waals surface area (Å²) in [7, 11) is 1.57. The van der Waals surface area contributed by atoms with Gasteiger partial charge in [0, 0.05) is 0 Å². The second-order valence-electron chi connectivity index (χ2n) is 5.09. The van der Waals surface area contributed by atoms with Crippen LogP contribution in [0.5, 0.6) is 5.75 Å². The van der Waals surface area contributed by atoms with Crippen molar-refractivity contribution in [3.05, 3.63) is 58.1 Å². The molecule has 1 N–H and O–H groups in total. The molecule has 2 aromatic rings. The lowest BCUT2D eigenvalue weighted by Crippen LogP contribution is -2.22. The van der Waals surface area contributed by atoms with E-state index in [9.17, 15) is 9.59 Å². The Morgan fingerprint density at radius 1 is 1.11 bits per heavy atom. The van der Waals surface area contributed by atoms with Crippen LogP contribution in [0, 0.1) is 0 Å². The molecule has 0 aliphatic rings. The largest absolute Gasteiger partial charge is 0.497 e. The molecule has 27 heavy (non-hydrogen) atoms. The Hall–Kier alpha value is -2.77. The third-order valence-corrected chi connectivity index (χ3v) is 3.98. The molecule has 0 radical (unpaired) electrons. The molecule has 0 aliphatic heterocycles. The molecule has 9 heteroatoms. The van der Waals surface area contributed by atoms with Gasteiger partial charge in [-0.25, -0.2) is 4.79 Å². The van der Waals surface area contributed by atoms with Crippen molar-refractivity contribution in [1.82, 2.24) is 0 Å². The first-order chi connectivity index (χ1) is 13.0. The molecular weight excluding hydrogens is 395 g/mol. The Morgan fingerprint density at radius 2 is 1.85 bits per heavy atom. The topological polar surface area (TPSA) is 86.2 Å². The number of carbonyl (C=O) groups excluding carboxylic acids is 2. The SMILES string of the molecule is COc1ccc(/C=N\OCC(=O)OCC(=O)Nc2cccc(Cl)c2Cl)cc1. The normalized spacial score (nSPS) is 10.5. The van der Waals surface area contributed by atoms with Gasteiger partial charge in [-0.1, -0.05) is 34.4 Å². The Kier molecular flexibility index (Phi) is 7.91. The molecule has 0 atom stereocenters. The fourth-order valence-corrected chi connectivity index (χ4v) is 2.20. The quantitative estimate of drug-likeness (QED) is 0.408. The van der Waals surface area contributed by atoms with Crippen LogP contribution in [0.2, 0.25) is 10.0 Å². The number of ether oxygens (including phenoxy) is 2. The first-order valence-corrected chi connectivity index (χ1v) is 8.44. The third kappa shape index (κ3) is 6.80. The first kappa shape index (κ1) is 20.5. The van der Waals surface area contributed by atoms with Crippen LogP contribution >= 0.6 is 23.2 Å². The molecule has 0 fully saturated rings. The van der Waals surface area contributed by atoms with Crippen LogP contribution in [0.25, 0.3) is 0 Å². The highest BCUT2D eigenvalue weighted by Crippen LogP contribution is 2.29. The summed E-state index contributed by atoms with van der Waals surface area (Å²) in [5.41, 5.74) is 1.09. The highest BCUT2D eigenvalue weighted by atomic mass is 35.5. The standard InChI is InChI=1S/C18H16Cl2N2O5/c1-25-13-7-5-12(6-8-13)9-21-27-11-17(24)26-10-16(23)22-15-4-2-3-14(19)18(15)20/h2-9H,10-11H2,1H3,(H,22,23)/b21-9-. The highest BCUT2D eigenvalue weighted by molar-refractivity contribution is 6.44. The van der Waals surface area contributed by atoms with Crippen molar-refractivity contribution in [2.75, 3.05) is 25.6 Å². The lowest BCUT2D eigenvalue weighted by atomic mass is 10.2. The van der Waals surface area contributed by atoms with Gasteiger partial charge in [0.25, 0.3) is 5.91 Å². The molecule has 0 bridgehead atoms. The van der Waals surface area contributed by atoms with Crippen LogP contribution in [0.1, 0.15) is 5.56 Å². The number of anilines is 1. The van der Waals surface area contributed by atoms with Gasteiger partial charge < -0.3 is 19.6 Å². The van der Waals surface area contributed by atoms with Gasteiger partial charge in [0.05, 0.1) is 29.1 Å². The summed E-state index contributed by atoms with van der Waals surface area (Å²) < 4.78 is 9.83. The van der Waals surface area contributed by atoms with Crippen molar-refractivity contribution >= 4 is 47.0 Å². The third-order valence-electron chi connectivity index (χ3n) is 3.16. The zero-order valence-electron chi connectivity index (χ0n) is 14.3. The number of rotatable bonds is 8. The number of esters is 1. The molecule has 0 unspecified atom stereocenters. The molecule has 0 aromatic heterocycles. The first-order valence-electron chi connectivity index (χ1n) is 7.68. The Balaban J connectivity index is 1.70. The van der Waals surface area contributed by atoms with Crippen molar-refractivity contribution in [2.24, 2.45) is 5.16 Å². The molecule has 0 saturated heterocycles. The zero-order chi connectivity index (χ0) is 19.6. The van der Waals surface area contributed by atoms with E-state index in [1.807, 2.05) is 0 Å². The van der Waals surface area contributed by atoms with Crippen molar-refractivity contribution < 1.29 is 23.9 Å². The van der Waals surface area contributed by atoms with Crippen molar-refractivity contribution in [1.29, 1.82) is 0 Å². The Morgan fingerprint density at radius 3 is 2.56 bits per heavy atom. The Labute approximate surface area is 165 Å². The van der Waals surface area contributed by atoms with Crippen LogP contribution in [-0.4, -0.2) is 38.4 Å². The molecule has 7 nitrogen and oxygen atoms in total. The van der Waals surface area contributed by atoms with E-state index in [2.05, 4.69) is 10.5 Å². The molecule has 0 aliphatic carbocycles. The summed E-state index contributed by atoms with van der Waals surface area (Å²) >= 11 is 11.8. The van der Waals surface area contributed by atoms with Gasteiger partial charge in [0.1, 0.15) is 5.75 Å². The van der Waals surface area contributed by atoms with Gasteiger partial charge in [0.15, 0.2) is 6.61 Å². The van der Waals surface area contributed by atoms with Crippen LogP contribution in [0.4, 0.5) is 5.69 Å². The van der Waals surface area contributed by atoms with E-state index in [4.69, 9.17) is 37.5 Å². The van der Waals surface area contributed by atoms with Gasteiger partial charge in [-0.2, -0.15) is 0 Å². The lowest BCUT2D eigenvalue weighted by molar-refractivity contribution is -0.151. The molecule has 0 heterocycles. The number of hydrogen-bond donors (Lipinski definition) is 1. The predicted molar refractivity (Wildman–Crippen MR) is 103 cm³/mol. The summed E-state index contributed by atoms with van der Waals surface area (Å²) in [6.45, 7) is -0.926.